The summed E-state index contributed by atoms with van der Waals surface area (Å²) in [5.41, 5.74) is -1.18. The smallest absolute Gasteiger partial charge is 0.163 e. The van der Waals surface area contributed by atoms with Crippen molar-refractivity contribution >= 4 is 5.78 Å². The molecule has 0 heterocycles. The van der Waals surface area contributed by atoms with Crippen molar-refractivity contribution in [1.29, 1.82) is 0 Å². The quantitative estimate of drug-likeness (QED) is 0.295. The molecule has 0 spiro atoms. The number of aliphatic hydroxyl groups excluding tert-OH is 1. The topological polar surface area (TPSA) is 57.5 Å². The van der Waals surface area contributed by atoms with Crippen LogP contribution in [-0.4, -0.2) is 27.7 Å². The summed E-state index contributed by atoms with van der Waals surface area (Å²) in [6, 6.07) is 0. The molecule has 1 atom stereocenters. The molecule has 0 aromatic rings. The van der Waals surface area contributed by atoms with Crippen LogP contribution >= 0.6 is 0 Å². The van der Waals surface area contributed by atoms with Gasteiger partial charge in [0.15, 0.2) is 5.78 Å². The lowest BCUT2D eigenvalue weighted by Gasteiger charge is -2.14. The van der Waals surface area contributed by atoms with Crippen LogP contribution in [0.1, 0.15) is 104 Å². The highest BCUT2D eigenvalue weighted by Gasteiger charge is 2.22. The molecule has 2 N–H and O–H groups in total. The van der Waals surface area contributed by atoms with E-state index in [0.717, 1.165) is 57.8 Å². The Bertz CT molecular complexity index is 328. The van der Waals surface area contributed by atoms with Crippen LogP contribution in [0.2, 0.25) is 0 Å². The van der Waals surface area contributed by atoms with Gasteiger partial charge in [-0.1, -0.05) is 64.0 Å². The summed E-state index contributed by atoms with van der Waals surface area (Å²) >= 11 is 0. The molecule has 0 saturated carbocycles. The molecule has 0 aliphatic rings. The predicted molar refractivity (Wildman–Crippen MR) is 102 cm³/mol. The monoisotopic (exact) mass is 340 g/mol. The Hall–Kier alpha value is -0.670. The zero-order valence-corrected chi connectivity index (χ0v) is 16.2. The van der Waals surface area contributed by atoms with Crippen molar-refractivity contribution in [2.75, 3.05) is 0 Å². The molecule has 0 bridgehead atoms. The third kappa shape index (κ3) is 14.9. The number of aliphatic hydroxyl groups is 2. The third-order valence-electron chi connectivity index (χ3n) is 4.42. The minimum atomic E-state index is -1.18. The van der Waals surface area contributed by atoms with Crippen LogP contribution in [0.5, 0.6) is 0 Å². The van der Waals surface area contributed by atoms with Crippen LogP contribution in [0.4, 0.5) is 0 Å². The van der Waals surface area contributed by atoms with Crippen LogP contribution in [0, 0.1) is 0 Å². The van der Waals surface area contributed by atoms with Gasteiger partial charge in [0.05, 0.1) is 6.10 Å². The van der Waals surface area contributed by atoms with Crippen molar-refractivity contribution in [1.82, 2.24) is 0 Å². The van der Waals surface area contributed by atoms with E-state index in [-0.39, 0.29) is 11.9 Å². The van der Waals surface area contributed by atoms with Gasteiger partial charge in [0.25, 0.3) is 0 Å². The van der Waals surface area contributed by atoms with Crippen molar-refractivity contribution in [3.63, 3.8) is 0 Å². The van der Waals surface area contributed by atoms with E-state index in [9.17, 15) is 15.0 Å². The molecule has 3 nitrogen and oxygen atoms in total. The molecule has 0 aromatic carbocycles. The van der Waals surface area contributed by atoms with E-state index >= 15 is 0 Å². The molecular formula is C21H40O3. The molecule has 24 heavy (non-hydrogen) atoms. The van der Waals surface area contributed by atoms with Crippen molar-refractivity contribution in [2.45, 2.75) is 116 Å². The lowest BCUT2D eigenvalue weighted by Crippen LogP contribution is -2.30. The maximum atomic E-state index is 11.6. The number of hydrogen-bond donors (Lipinski definition) is 2. The summed E-state index contributed by atoms with van der Waals surface area (Å²) in [6.07, 6.45) is 17.7. The van der Waals surface area contributed by atoms with E-state index in [0.29, 0.717) is 6.42 Å². The molecule has 0 saturated heterocycles. The lowest BCUT2D eigenvalue weighted by molar-refractivity contribution is -0.134. The number of carbonyl (C=O) groups is 1. The van der Waals surface area contributed by atoms with Crippen LogP contribution in [0.3, 0.4) is 0 Å². The van der Waals surface area contributed by atoms with Crippen molar-refractivity contribution in [2.24, 2.45) is 0 Å². The third-order valence-corrected chi connectivity index (χ3v) is 4.42. The molecule has 0 rings (SSSR count). The maximum absolute atomic E-state index is 11.6. The Morgan fingerprint density at radius 3 is 2.21 bits per heavy atom. The lowest BCUT2D eigenvalue weighted by atomic mass is 9.98. The molecule has 0 amide bonds. The van der Waals surface area contributed by atoms with E-state index in [1.807, 2.05) is 0 Å². The molecule has 0 aromatic heterocycles. The summed E-state index contributed by atoms with van der Waals surface area (Å²) in [6.45, 7) is 5.32. The summed E-state index contributed by atoms with van der Waals surface area (Å²) in [7, 11) is 0. The number of allylic oxidation sites excluding steroid dienone is 1. The van der Waals surface area contributed by atoms with Gasteiger partial charge in [-0.05, 0) is 46.0 Å². The van der Waals surface area contributed by atoms with Gasteiger partial charge in [0.1, 0.15) is 5.60 Å². The number of hydrogen-bond acceptors (Lipinski definition) is 3. The van der Waals surface area contributed by atoms with Crippen molar-refractivity contribution in [3.05, 3.63) is 12.2 Å². The van der Waals surface area contributed by atoms with Gasteiger partial charge in [-0.25, -0.2) is 0 Å². The average molecular weight is 341 g/mol. The van der Waals surface area contributed by atoms with Crippen molar-refractivity contribution in [3.8, 4) is 0 Å². The van der Waals surface area contributed by atoms with Crippen LogP contribution in [0.25, 0.3) is 0 Å². The molecule has 0 radical (unpaired) electrons. The van der Waals surface area contributed by atoms with Gasteiger partial charge >= 0.3 is 0 Å². The zero-order valence-electron chi connectivity index (χ0n) is 16.2. The maximum Gasteiger partial charge on any atom is 0.163 e. The van der Waals surface area contributed by atoms with Gasteiger partial charge in [-0.3, -0.25) is 4.79 Å². The Balaban J connectivity index is 3.39. The Morgan fingerprint density at radius 1 is 0.958 bits per heavy atom. The highest BCUT2D eigenvalue weighted by molar-refractivity contribution is 5.86. The second-order valence-corrected chi connectivity index (χ2v) is 7.50. The minimum absolute atomic E-state index is 0.0617. The fourth-order valence-electron chi connectivity index (χ4n) is 2.68. The fourth-order valence-corrected chi connectivity index (χ4v) is 2.68. The highest BCUT2D eigenvalue weighted by atomic mass is 16.3. The fraction of sp³-hybridized carbons (Fsp3) is 0.857. The molecule has 3 heteroatoms. The average Bonchev–Trinajstić information content (AvgIpc) is 2.52. The number of Topliss-reactive ketones (excluding diaryl/α,β-unsaturated/α-hetero) is 1. The largest absolute Gasteiger partial charge is 0.393 e. The van der Waals surface area contributed by atoms with Gasteiger partial charge in [-0.15, -0.1) is 0 Å². The van der Waals surface area contributed by atoms with Crippen molar-refractivity contribution < 1.29 is 15.0 Å². The Morgan fingerprint density at radius 2 is 1.58 bits per heavy atom. The molecule has 0 fully saturated rings. The van der Waals surface area contributed by atoms with Crippen LogP contribution < -0.4 is 0 Å². The Labute approximate surface area is 149 Å². The van der Waals surface area contributed by atoms with Crippen LogP contribution in [0.15, 0.2) is 12.2 Å². The van der Waals surface area contributed by atoms with Gasteiger partial charge in [-0.2, -0.15) is 0 Å². The van der Waals surface area contributed by atoms with Gasteiger partial charge in [0.2, 0.25) is 0 Å². The first-order chi connectivity index (χ1) is 11.4. The normalized spacial score (nSPS) is 13.5. The second-order valence-electron chi connectivity index (χ2n) is 7.50. The number of rotatable bonds is 16. The Kier molecular flexibility index (Phi) is 14.2. The first-order valence-electron chi connectivity index (χ1n) is 9.96. The van der Waals surface area contributed by atoms with Crippen LogP contribution in [-0.2, 0) is 4.79 Å². The number of ketones is 1. The first kappa shape index (κ1) is 23.3. The SMILES string of the molecule is CCCCC/C=C\CC(O)CCCCCCCCC(=O)C(C)(C)O. The van der Waals surface area contributed by atoms with E-state index < -0.39 is 5.60 Å². The van der Waals surface area contributed by atoms with E-state index in [4.69, 9.17) is 0 Å². The zero-order chi connectivity index (χ0) is 18.3. The minimum Gasteiger partial charge on any atom is -0.393 e. The summed E-state index contributed by atoms with van der Waals surface area (Å²) in [5, 5.41) is 19.5. The molecule has 0 aliphatic carbocycles. The molecular weight excluding hydrogens is 300 g/mol. The molecule has 0 aliphatic heterocycles. The summed E-state index contributed by atoms with van der Waals surface area (Å²) in [4.78, 5) is 11.6. The van der Waals surface area contributed by atoms with E-state index in [2.05, 4.69) is 19.1 Å². The molecule has 1 unspecified atom stereocenters. The van der Waals surface area contributed by atoms with E-state index in [1.54, 1.807) is 13.8 Å². The highest BCUT2D eigenvalue weighted by Crippen LogP contribution is 2.14. The second kappa shape index (κ2) is 14.7. The number of unbranched alkanes of at least 4 members (excludes halogenated alkanes) is 8. The summed E-state index contributed by atoms with van der Waals surface area (Å²) in [5.74, 6) is -0.0617. The number of carbonyl (C=O) groups excluding carboxylic acids is 1. The van der Waals surface area contributed by atoms with Gasteiger partial charge in [0, 0.05) is 6.42 Å². The van der Waals surface area contributed by atoms with Gasteiger partial charge < -0.3 is 10.2 Å². The first-order valence-corrected chi connectivity index (χ1v) is 9.96. The standard InChI is InChI=1S/C21H40O3/c1-4-5-6-7-10-13-16-19(22)17-14-11-8-9-12-15-18-20(23)21(2,3)24/h10,13,19,22,24H,4-9,11-12,14-18H2,1-3H3/b13-10-. The van der Waals surface area contributed by atoms with E-state index in [1.165, 1.54) is 19.3 Å². The molecule has 142 valence electrons. The summed E-state index contributed by atoms with van der Waals surface area (Å²) < 4.78 is 0. The predicted octanol–water partition coefficient (Wildman–Crippen LogP) is 5.33.